The summed E-state index contributed by atoms with van der Waals surface area (Å²) in [5, 5.41) is 5.00. The van der Waals surface area contributed by atoms with E-state index in [1.807, 2.05) is 42.5 Å². The highest BCUT2D eigenvalue weighted by molar-refractivity contribution is 6.33. The van der Waals surface area contributed by atoms with E-state index in [1.54, 1.807) is 17.8 Å². The van der Waals surface area contributed by atoms with E-state index >= 15 is 0 Å². The van der Waals surface area contributed by atoms with Gasteiger partial charge < -0.3 is 10.2 Å². The van der Waals surface area contributed by atoms with Gasteiger partial charge in [-0.3, -0.25) is 14.3 Å². The molecule has 1 fully saturated rings. The molecule has 42 heavy (non-hydrogen) atoms. The number of anilines is 1. The lowest BCUT2D eigenvalue weighted by molar-refractivity contribution is 0.255. The van der Waals surface area contributed by atoms with Crippen molar-refractivity contribution in [3.8, 4) is 22.4 Å². The predicted molar refractivity (Wildman–Crippen MR) is 172 cm³/mol. The van der Waals surface area contributed by atoms with Gasteiger partial charge in [0.25, 0.3) is 5.56 Å². The molecule has 0 saturated carbocycles. The van der Waals surface area contributed by atoms with Crippen molar-refractivity contribution >= 4 is 23.4 Å². The maximum Gasteiger partial charge on any atom is 0.259 e. The number of likely N-dealkylation sites (tertiary alicyclic amines) is 1. The number of rotatable bonds is 6. The van der Waals surface area contributed by atoms with Crippen LogP contribution in [0.3, 0.4) is 0 Å². The Balaban J connectivity index is 1.35. The Bertz CT molecular complexity index is 1820. The summed E-state index contributed by atoms with van der Waals surface area (Å²) in [5.41, 5.74) is 7.05. The van der Waals surface area contributed by atoms with Crippen LogP contribution in [0.5, 0.6) is 0 Å². The number of benzene rings is 2. The second kappa shape index (κ2) is 12.1. The van der Waals surface area contributed by atoms with E-state index in [0.29, 0.717) is 27.6 Å². The first-order valence-corrected chi connectivity index (χ1v) is 15.1. The van der Waals surface area contributed by atoms with Gasteiger partial charge in [-0.1, -0.05) is 48.9 Å². The second-order valence-electron chi connectivity index (χ2n) is 11.3. The smallest absolute Gasteiger partial charge is 0.259 e. The van der Waals surface area contributed by atoms with Gasteiger partial charge in [0.1, 0.15) is 11.3 Å². The van der Waals surface area contributed by atoms with Crippen LogP contribution in [0.25, 0.3) is 28.5 Å². The fourth-order valence-electron chi connectivity index (χ4n) is 5.92. The fraction of sp³-hybridized carbons (Fsp3) is 0.286. The van der Waals surface area contributed by atoms with Crippen molar-refractivity contribution in [3.63, 3.8) is 0 Å². The maximum absolute atomic E-state index is 13.8. The monoisotopic (exact) mass is 577 g/mol. The molecule has 4 heterocycles. The summed E-state index contributed by atoms with van der Waals surface area (Å²) >= 11 is 6.66. The van der Waals surface area contributed by atoms with E-state index in [4.69, 9.17) is 16.6 Å². The third-order valence-corrected chi connectivity index (χ3v) is 8.87. The van der Waals surface area contributed by atoms with Crippen molar-refractivity contribution in [1.29, 1.82) is 0 Å². The first kappa shape index (κ1) is 28.1. The highest BCUT2D eigenvalue weighted by Crippen LogP contribution is 2.31. The molecule has 4 aromatic rings. The summed E-state index contributed by atoms with van der Waals surface area (Å²) in [5.74, 6) is 1.42. The SMILES string of the molecule is CCC1=C(Nc2ccc(C3CCN(C)CC3)cc2)N=c2c(cc(-c3cc(-c4ccccn4)ccc3Cl)c(=O)n2C)=CC1. The number of nitrogens with zero attached hydrogens (tertiary/aromatic N) is 4. The minimum Gasteiger partial charge on any atom is -0.340 e. The molecule has 2 aliphatic rings. The molecule has 0 bridgehead atoms. The summed E-state index contributed by atoms with van der Waals surface area (Å²) in [6.07, 6.45) is 7.91. The first-order chi connectivity index (χ1) is 20.4. The Morgan fingerprint density at radius 1 is 0.976 bits per heavy atom. The topological polar surface area (TPSA) is 62.5 Å². The first-order valence-electron chi connectivity index (χ1n) is 14.7. The molecule has 2 aliphatic heterocycles. The standard InChI is InChI=1S/C35H36ClN5O/c1-4-23-8-9-27-22-30(29-21-26(12-15-31(29)36)32-7-5-6-18-37-32)35(42)41(3)34(27)39-33(23)38-28-13-10-24(11-14-28)25-16-19-40(2)20-17-25/h5-7,9-15,18,21-22,25,38H,4,8,16-17,19-20H2,1-3H3. The Kier molecular flexibility index (Phi) is 8.09. The van der Waals surface area contributed by atoms with Gasteiger partial charge in [-0.15, -0.1) is 0 Å². The molecule has 6 nitrogen and oxygen atoms in total. The highest BCUT2D eigenvalue weighted by Gasteiger charge is 2.19. The maximum atomic E-state index is 13.8. The molecule has 0 radical (unpaired) electrons. The predicted octanol–water partition coefficient (Wildman–Crippen LogP) is 6.11. The van der Waals surface area contributed by atoms with E-state index in [1.165, 1.54) is 24.0 Å². The Morgan fingerprint density at radius 2 is 1.76 bits per heavy atom. The van der Waals surface area contributed by atoms with Crippen molar-refractivity contribution in [2.45, 2.75) is 38.5 Å². The molecule has 1 saturated heterocycles. The minimum atomic E-state index is -0.146. The normalized spacial score (nSPS) is 15.9. The summed E-state index contributed by atoms with van der Waals surface area (Å²) in [6, 6.07) is 22.2. The number of allylic oxidation sites excluding steroid dienone is 1. The van der Waals surface area contributed by atoms with Gasteiger partial charge in [0.15, 0.2) is 0 Å². The molecule has 0 amide bonds. The van der Waals surface area contributed by atoms with Crippen molar-refractivity contribution in [2.24, 2.45) is 12.0 Å². The summed E-state index contributed by atoms with van der Waals surface area (Å²) in [6.45, 7) is 4.44. The van der Waals surface area contributed by atoms with E-state index in [0.717, 1.165) is 53.9 Å². The van der Waals surface area contributed by atoms with Crippen LogP contribution in [-0.4, -0.2) is 34.6 Å². The molecule has 1 N–H and O–H groups in total. The Labute approximate surface area is 251 Å². The fourth-order valence-corrected chi connectivity index (χ4v) is 6.14. The number of hydrogen-bond acceptors (Lipinski definition) is 5. The third-order valence-electron chi connectivity index (χ3n) is 8.54. The van der Waals surface area contributed by atoms with Crippen LogP contribution in [-0.2, 0) is 7.05 Å². The zero-order valence-corrected chi connectivity index (χ0v) is 25.2. The van der Waals surface area contributed by atoms with Crippen molar-refractivity contribution in [1.82, 2.24) is 14.5 Å². The number of hydrogen-bond donors (Lipinski definition) is 1. The summed E-state index contributed by atoms with van der Waals surface area (Å²) in [7, 11) is 3.98. The van der Waals surface area contributed by atoms with Gasteiger partial charge in [0.05, 0.1) is 5.69 Å². The molecule has 214 valence electrons. The number of aromatic nitrogens is 2. The molecule has 0 atom stereocenters. The highest BCUT2D eigenvalue weighted by atomic mass is 35.5. The summed E-state index contributed by atoms with van der Waals surface area (Å²) in [4.78, 5) is 25.7. The largest absolute Gasteiger partial charge is 0.340 e. The van der Waals surface area contributed by atoms with Crippen molar-refractivity contribution in [3.05, 3.63) is 116 Å². The van der Waals surface area contributed by atoms with E-state index in [2.05, 4.69) is 59.5 Å². The number of halogens is 1. The molecular formula is C35H36ClN5O. The average Bonchev–Trinajstić information content (AvgIpc) is 3.19. The van der Waals surface area contributed by atoms with Crippen LogP contribution in [0, 0.1) is 0 Å². The molecular weight excluding hydrogens is 542 g/mol. The zero-order valence-electron chi connectivity index (χ0n) is 24.4. The minimum absolute atomic E-state index is 0.146. The zero-order chi connectivity index (χ0) is 29.2. The van der Waals surface area contributed by atoms with Gasteiger partial charge in [0, 0.05) is 45.9 Å². The van der Waals surface area contributed by atoms with Crippen molar-refractivity contribution in [2.75, 3.05) is 25.5 Å². The van der Waals surface area contributed by atoms with Gasteiger partial charge in [-0.05, 0) is 105 Å². The number of piperidine rings is 1. The van der Waals surface area contributed by atoms with E-state index in [9.17, 15) is 4.79 Å². The molecule has 0 aliphatic carbocycles. The van der Waals surface area contributed by atoms with Gasteiger partial charge in [0.2, 0.25) is 0 Å². The summed E-state index contributed by atoms with van der Waals surface area (Å²) < 4.78 is 1.63. The molecule has 0 unspecified atom stereocenters. The van der Waals surface area contributed by atoms with Gasteiger partial charge >= 0.3 is 0 Å². The Hall–Kier alpha value is -4.00. The van der Waals surface area contributed by atoms with Crippen molar-refractivity contribution < 1.29 is 0 Å². The van der Waals surface area contributed by atoms with E-state index in [-0.39, 0.29) is 5.56 Å². The number of nitrogens with one attached hydrogen (secondary N) is 1. The van der Waals surface area contributed by atoms with Crippen LogP contribution >= 0.6 is 11.6 Å². The molecule has 0 spiro atoms. The lowest BCUT2D eigenvalue weighted by Crippen LogP contribution is -2.42. The van der Waals surface area contributed by atoms with Crippen LogP contribution < -0.4 is 21.6 Å². The van der Waals surface area contributed by atoms with Crippen LogP contribution in [0.1, 0.15) is 44.1 Å². The van der Waals surface area contributed by atoms with Crippen LogP contribution in [0.4, 0.5) is 5.69 Å². The molecule has 7 heteroatoms. The van der Waals surface area contributed by atoms with E-state index < -0.39 is 0 Å². The number of pyridine rings is 2. The van der Waals surface area contributed by atoms with Crippen LogP contribution in [0.2, 0.25) is 5.02 Å². The number of fused-ring (bicyclic) bond motifs is 1. The second-order valence-corrected chi connectivity index (χ2v) is 11.7. The molecule has 6 rings (SSSR count). The van der Waals surface area contributed by atoms with Gasteiger partial charge in [-0.2, -0.15) is 0 Å². The lowest BCUT2D eigenvalue weighted by Gasteiger charge is -2.29. The molecule has 2 aromatic carbocycles. The lowest BCUT2D eigenvalue weighted by atomic mass is 9.89. The third kappa shape index (κ3) is 5.69. The van der Waals surface area contributed by atoms with Gasteiger partial charge in [-0.25, -0.2) is 4.99 Å². The Morgan fingerprint density at radius 3 is 2.48 bits per heavy atom. The average molecular weight is 578 g/mol. The molecule has 2 aromatic heterocycles. The van der Waals surface area contributed by atoms with Crippen LogP contribution in [0.15, 0.2) is 94.1 Å². The quantitative estimate of drug-likeness (QED) is 0.300.